The molecule has 8 heteroatoms. The molecule has 3 aliphatic heterocycles. The lowest BCUT2D eigenvalue weighted by molar-refractivity contribution is -0.153. The fourth-order valence-electron chi connectivity index (χ4n) is 4.88. The van der Waals surface area contributed by atoms with Gasteiger partial charge in [0.05, 0.1) is 17.9 Å². The van der Waals surface area contributed by atoms with Crippen LogP contribution in [0.1, 0.15) is 33.1 Å². The van der Waals surface area contributed by atoms with Gasteiger partial charge in [0.1, 0.15) is 6.04 Å². The van der Waals surface area contributed by atoms with E-state index in [1.807, 2.05) is 32.0 Å². The van der Waals surface area contributed by atoms with Crippen LogP contribution in [-0.4, -0.2) is 90.8 Å². The van der Waals surface area contributed by atoms with Crippen LogP contribution in [0.4, 0.5) is 11.4 Å². The van der Waals surface area contributed by atoms with E-state index in [0.717, 1.165) is 69.9 Å². The molecule has 1 aromatic rings. The summed E-state index contributed by atoms with van der Waals surface area (Å²) in [7, 11) is 0. The second-order valence-corrected chi connectivity index (χ2v) is 9.35. The molecule has 0 aliphatic carbocycles. The number of anilines is 2. The molecule has 3 saturated heterocycles. The van der Waals surface area contributed by atoms with Crippen LogP contribution in [-0.2, 0) is 14.4 Å². The van der Waals surface area contributed by atoms with Crippen molar-refractivity contribution in [2.75, 3.05) is 62.6 Å². The Kier molecular flexibility index (Phi) is 6.98. The number of fused-ring (bicyclic) bond motifs is 1. The van der Waals surface area contributed by atoms with Gasteiger partial charge in [0.2, 0.25) is 17.7 Å². The first-order valence-corrected chi connectivity index (χ1v) is 11.9. The monoisotopic (exact) mass is 441 g/mol. The van der Waals surface area contributed by atoms with Crippen molar-refractivity contribution in [3.8, 4) is 0 Å². The number of hydrogen-bond donors (Lipinski definition) is 1. The maximum absolute atomic E-state index is 12.7. The highest BCUT2D eigenvalue weighted by molar-refractivity contribution is 5.96. The molecule has 8 nitrogen and oxygen atoms in total. The summed E-state index contributed by atoms with van der Waals surface area (Å²) >= 11 is 0. The van der Waals surface area contributed by atoms with E-state index in [1.54, 1.807) is 9.80 Å². The maximum atomic E-state index is 12.7. The lowest BCUT2D eigenvalue weighted by atomic mass is 10.1. The van der Waals surface area contributed by atoms with Gasteiger partial charge >= 0.3 is 0 Å². The molecule has 0 aromatic heterocycles. The molecule has 3 aliphatic rings. The predicted molar refractivity (Wildman–Crippen MR) is 124 cm³/mol. The van der Waals surface area contributed by atoms with Crippen LogP contribution in [0.25, 0.3) is 0 Å². The zero-order chi connectivity index (χ0) is 22.7. The lowest BCUT2D eigenvalue weighted by Gasteiger charge is -2.38. The molecular weight excluding hydrogens is 406 g/mol. The van der Waals surface area contributed by atoms with Crippen LogP contribution < -0.4 is 10.2 Å². The maximum Gasteiger partial charge on any atom is 0.245 e. The van der Waals surface area contributed by atoms with E-state index in [2.05, 4.69) is 21.2 Å². The molecule has 3 fully saturated rings. The summed E-state index contributed by atoms with van der Waals surface area (Å²) in [6.07, 6.45) is 2.62. The molecule has 0 saturated carbocycles. The summed E-state index contributed by atoms with van der Waals surface area (Å²) in [4.78, 5) is 45.4. The number of piperazine rings is 2. The Morgan fingerprint density at radius 2 is 1.81 bits per heavy atom. The molecule has 0 spiro atoms. The van der Waals surface area contributed by atoms with Crippen molar-refractivity contribution < 1.29 is 14.4 Å². The van der Waals surface area contributed by atoms with Gasteiger partial charge in [-0.1, -0.05) is 26.0 Å². The van der Waals surface area contributed by atoms with Crippen molar-refractivity contribution in [1.82, 2.24) is 14.7 Å². The minimum Gasteiger partial charge on any atom is -0.367 e. The van der Waals surface area contributed by atoms with Crippen LogP contribution in [0.2, 0.25) is 0 Å². The van der Waals surface area contributed by atoms with Crippen LogP contribution >= 0.6 is 0 Å². The largest absolute Gasteiger partial charge is 0.367 e. The van der Waals surface area contributed by atoms with E-state index in [4.69, 9.17) is 0 Å². The van der Waals surface area contributed by atoms with Crippen molar-refractivity contribution in [3.63, 3.8) is 0 Å². The van der Waals surface area contributed by atoms with Crippen LogP contribution in [0.5, 0.6) is 0 Å². The molecular formula is C24H35N5O3. The van der Waals surface area contributed by atoms with Crippen LogP contribution in [0.3, 0.4) is 0 Å². The Morgan fingerprint density at radius 3 is 2.56 bits per heavy atom. The Bertz CT molecular complexity index is 850. The smallest absolute Gasteiger partial charge is 0.245 e. The standard InChI is InChI=1S/C24H35N5O3/c1-18(2)23(31)25-19-7-3-4-8-20(19)27-15-13-26(14-16-27)10-6-11-28-17-22(30)29-12-5-9-21(29)24(28)32/h3-4,7-8,18,21H,5-6,9-17H2,1-2H3,(H,25,31). The van der Waals surface area contributed by atoms with Gasteiger partial charge in [-0.2, -0.15) is 0 Å². The van der Waals surface area contributed by atoms with E-state index < -0.39 is 0 Å². The summed E-state index contributed by atoms with van der Waals surface area (Å²) in [6, 6.07) is 7.78. The van der Waals surface area contributed by atoms with Crippen molar-refractivity contribution >= 4 is 29.1 Å². The number of carbonyl (C=O) groups excluding carboxylic acids is 3. The average molecular weight is 442 g/mol. The summed E-state index contributed by atoms with van der Waals surface area (Å²) in [5.74, 6) is 0.206. The Labute approximate surface area is 190 Å². The van der Waals surface area contributed by atoms with E-state index in [0.29, 0.717) is 6.54 Å². The van der Waals surface area contributed by atoms with E-state index >= 15 is 0 Å². The Hall–Kier alpha value is -2.61. The molecule has 32 heavy (non-hydrogen) atoms. The molecule has 4 rings (SSSR count). The van der Waals surface area contributed by atoms with Crippen molar-refractivity contribution in [1.29, 1.82) is 0 Å². The summed E-state index contributed by atoms with van der Waals surface area (Å²) in [6.45, 7) is 10.0. The van der Waals surface area contributed by atoms with E-state index in [-0.39, 0.29) is 36.2 Å². The van der Waals surface area contributed by atoms with Crippen molar-refractivity contribution in [3.05, 3.63) is 24.3 Å². The molecule has 1 N–H and O–H groups in total. The number of carbonyl (C=O) groups is 3. The van der Waals surface area contributed by atoms with Gasteiger partial charge in [-0.15, -0.1) is 0 Å². The molecule has 1 unspecified atom stereocenters. The third-order valence-corrected chi connectivity index (χ3v) is 6.80. The minimum atomic E-state index is -0.212. The normalized spacial score (nSPS) is 22.0. The number of nitrogens with zero attached hydrogens (tertiary/aromatic N) is 4. The zero-order valence-electron chi connectivity index (χ0n) is 19.3. The minimum absolute atomic E-state index is 0.0301. The van der Waals surface area contributed by atoms with Crippen molar-refractivity contribution in [2.24, 2.45) is 5.92 Å². The first-order chi connectivity index (χ1) is 15.4. The highest BCUT2D eigenvalue weighted by Crippen LogP contribution is 2.27. The SMILES string of the molecule is CC(C)C(=O)Nc1ccccc1N1CCN(CCCN2CC(=O)N3CCCC3C2=O)CC1. The van der Waals surface area contributed by atoms with Gasteiger partial charge in [0.15, 0.2) is 0 Å². The van der Waals surface area contributed by atoms with Gasteiger partial charge in [0, 0.05) is 45.2 Å². The number of amides is 3. The lowest BCUT2D eigenvalue weighted by Crippen LogP contribution is -2.57. The van der Waals surface area contributed by atoms with Gasteiger partial charge in [-0.25, -0.2) is 0 Å². The van der Waals surface area contributed by atoms with E-state index in [9.17, 15) is 14.4 Å². The summed E-state index contributed by atoms with van der Waals surface area (Å²) in [5.41, 5.74) is 1.94. The Morgan fingerprint density at radius 1 is 1.06 bits per heavy atom. The third-order valence-electron chi connectivity index (χ3n) is 6.80. The number of hydrogen-bond acceptors (Lipinski definition) is 5. The van der Waals surface area contributed by atoms with E-state index in [1.165, 1.54) is 0 Å². The fraction of sp³-hybridized carbons (Fsp3) is 0.625. The number of para-hydroxylation sites is 2. The highest BCUT2D eigenvalue weighted by Gasteiger charge is 2.41. The fourth-order valence-corrected chi connectivity index (χ4v) is 4.88. The molecule has 1 aromatic carbocycles. The predicted octanol–water partition coefficient (Wildman–Crippen LogP) is 1.63. The van der Waals surface area contributed by atoms with Gasteiger partial charge in [0.25, 0.3) is 0 Å². The zero-order valence-corrected chi connectivity index (χ0v) is 19.3. The topological polar surface area (TPSA) is 76.2 Å². The summed E-state index contributed by atoms with van der Waals surface area (Å²) < 4.78 is 0. The second-order valence-electron chi connectivity index (χ2n) is 9.35. The Balaban J connectivity index is 1.24. The first kappa shape index (κ1) is 22.6. The molecule has 3 amide bonds. The van der Waals surface area contributed by atoms with Crippen molar-refractivity contribution in [2.45, 2.75) is 39.2 Å². The van der Waals surface area contributed by atoms with Gasteiger partial charge < -0.3 is 20.0 Å². The molecule has 174 valence electrons. The summed E-state index contributed by atoms with van der Waals surface area (Å²) in [5, 5.41) is 3.05. The number of nitrogens with one attached hydrogen (secondary N) is 1. The molecule has 0 radical (unpaired) electrons. The third kappa shape index (κ3) is 4.90. The molecule has 3 heterocycles. The van der Waals surface area contributed by atoms with Crippen LogP contribution in [0.15, 0.2) is 24.3 Å². The second kappa shape index (κ2) is 9.90. The van der Waals surface area contributed by atoms with Gasteiger partial charge in [-0.05, 0) is 37.9 Å². The molecule has 0 bridgehead atoms. The van der Waals surface area contributed by atoms with Gasteiger partial charge in [-0.3, -0.25) is 19.3 Å². The number of benzene rings is 1. The first-order valence-electron chi connectivity index (χ1n) is 11.9. The highest BCUT2D eigenvalue weighted by atomic mass is 16.2. The quantitative estimate of drug-likeness (QED) is 0.696. The van der Waals surface area contributed by atoms with Crippen LogP contribution in [0, 0.1) is 5.92 Å². The average Bonchev–Trinajstić information content (AvgIpc) is 3.29. The molecule has 1 atom stereocenters. The number of rotatable bonds is 7.